The van der Waals surface area contributed by atoms with Crippen molar-refractivity contribution in [1.82, 2.24) is 0 Å². The minimum absolute atomic E-state index is 0.0571. The maximum atomic E-state index is 12.3. The number of hydrogen-bond donors (Lipinski definition) is 1. The van der Waals surface area contributed by atoms with Crippen LogP contribution in [-0.4, -0.2) is 24.5 Å². The molecule has 0 aliphatic rings. The van der Waals surface area contributed by atoms with E-state index in [1.54, 1.807) is 18.2 Å². The Kier molecular flexibility index (Phi) is 8.01. The molecule has 9 heteroatoms. The maximum absolute atomic E-state index is 12.3. The largest absolute Gasteiger partial charge is 0.493 e. The molecule has 0 saturated heterocycles. The number of nitriles is 1. The number of nitrogens with one attached hydrogen (secondary N) is 1. The number of non-ortho nitro benzene ring substituents is 1. The Balaban J connectivity index is 1.78. The predicted molar refractivity (Wildman–Crippen MR) is 133 cm³/mol. The van der Waals surface area contributed by atoms with Crippen LogP contribution >= 0.6 is 15.9 Å². The summed E-state index contributed by atoms with van der Waals surface area (Å²) < 4.78 is 11.6. The number of nitro groups is 1. The molecule has 0 heterocycles. The van der Waals surface area contributed by atoms with Gasteiger partial charge in [-0.2, -0.15) is 5.26 Å². The number of allylic oxidation sites excluding steroid dienone is 1. The van der Waals surface area contributed by atoms with Gasteiger partial charge in [0.15, 0.2) is 18.1 Å². The topological polar surface area (TPSA) is 114 Å². The summed E-state index contributed by atoms with van der Waals surface area (Å²) in [5.41, 5.74) is 3.19. The second-order valence-electron chi connectivity index (χ2n) is 7.21. The van der Waals surface area contributed by atoms with Crippen molar-refractivity contribution >= 4 is 44.9 Å². The lowest BCUT2D eigenvalue weighted by molar-refractivity contribution is -0.384. The average Bonchev–Trinajstić information content (AvgIpc) is 2.83. The normalized spacial score (nSPS) is 10.8. The fourth-order valence-electron chi connectivity index (χ4n) is 3.04. The van der Waals surface area contributed by atoms with Gasteiger partial charge in [-0.3, -0.25) is 14.9 Å². The highest BCUT2D eigenvalue weighted by Crippen LogP contribution is 2.37. The number of nitro benzene ring substituents is 1. The summed E-state index contributed by atoms with van der Waals surface area (Å²) in [6.45, 7) is 1.73. The molecule has 0 aliphatic carbocycles. The SMILES string of the molecule is COc1cc(/C=C(/C#N)c2ccc([N+](=O)[O-])cc2)cc(Br)c1OCC(=O)Nc1ccc(C)cc1. The number of carbonyl (C=O) groups is 1. The molecule has 0 fully saturated rings. The van der Waals surface area contributed by atoms with E-state index >= 15 is 0 Å². The molecule has 0 bridgehead atoms. The van der Waals surface area contributed by atoms with Crippen molar-refractivity contribution in [1.29, 1.82) is 5.26 Å². The molecule has 1 amide bonds. The van der Waals surface area contributed by atoms with Crippen LogP contribution in [0.15, 0.2) is 65.1 Å². The molecule has 172 valence electrons. The van der Waals surface area contributed by atoms with Crippen LogP contribution < -0.4 is 14.8 Å². The molecule has 0 atom stereocenters. The Labute approximate surface area is 204 Å². The van der Waals surface area contributed by atoms with Crippen LogP contribution in [0.4, 0.5) is 11.4 Å². The highest BCUT2D eigenvalue weighted by Gasteiger charge is 2.14. The average molecular weight is 522 g/mol. The van der Waals surface area contributed by atoms with Crippen molar-refractivity contribution in [3.63, 3.8) is 0 Å². The number of aryl methyl sites for hydroxylation is 1. The number of anilines is 1. The number of methoxy groups -OCH3 is 1. The molecule has 0 unspecified atom stereocenters. The molecule has 0 spiro atoms. The third kappa shape index (κ3) is 6.21. The summed E-state index contributed by atoms with van der Waals surface area (Å²) in [7, 11) is 1.47. The van der Waals surface area contributed by atoms with E-state index in [-0.39, 0.29) is 18.2 Å². The van der Waals surface area contributed by atoms with Gasteiger partial charge < -0.3 is 14.8 Å². The summed E-state index contributed by atoms with van der Waals surface area (Å²) in [6, 6.07) is 18.6. The van der Waals surface area contributed by atoms with Gasteiger partial charge in [-0.25, -0.2) is 0 Å². The number of halogens is 1. The van der Waals surface area contributed by atoms with Crippen molar-refractivity contribution in [3.05, 3.63) is 91.9 Å². The zero-order valence-corrected chi connectivity index (χ0v) is 20.0. The first-order valence-corrected chi connectivity index (χ1v) is 10.8. The third-order valence-electron chi connectivity index (χ3n) is 4.76. The number of hydrogen-bond acceptors (Lipinski definition) is 6. The Morgan fingerprint density at radius 1 is 1.18 bits per heavy atom. The van der Waals surface area contributed by atoms with Crippen molar-refractivity contribution in [3.8, 4) is 17.6 Å². The first kappa shape index (κ1) is 24.5. The van der Waals surface area contributed by atoms with E-state index < -0.39 is 4.92 Å². The number of ether oxygens (including phenoxy) is 2. The minimum Gasteiger partial charge on any atom is -0.493 e. The maximum Gasteiger partial charge on any atom is 0.269 e. The van der Waals surface area contributed by atoms with Crippen LogP contribution in [0.5, 0.6) is 11.5 Å². The van der Waals surface area contributed by atoms with Crippen molar-refractivity contribution in [2.24, 2.45) is 0 Å². The lowest BCUT2D eigenvalue weighted by Gasteiger charge is -2.14. The minimum atomic E-state index is -0.499. The van der Waals surface area contributed by atoms with E-state index in [2.05, 4.69) is 27.3 Å². The fraction of sp³-hybridized carbons (Fsp3) is 0.120. The first-order chi connectivity index (χ1) is 16.3. The predicted octanol–water partition coefficient (Wildman–Crippen LogP) is 5.76. The molecule has 0 saturated carbocycles. The van der Waals surface area contributed by atoms with E-state index in [4.69, 9.17) is 9.47 Å². The lowest BCUT2D eigenvalue weighted by atomic mass is 10.0. The van der Waals surface area contributed by atoms with Crippen molar-refractivity contribution in [2.75, 3.05) is 19.0 Å². The van der Waals surface area contributed by atoms with Crippen LogP contribution in [0, 0.1) is 28.4 Å². The Hall–Kier alpha value is -4.16. The van der Waals surface area contributed by atoms with E-state index in [1.165, 1.54) is 31.4 Å². The standard InChI is InChI=1S/C25H20BrN3O5/c1-16-3-7-20(8-4-16)28-24(30)15-34-25-22(26)12-17(13-23(25)33-2)11-19(14-27)18-5-9-21(10-6-18)29(31)32/h3-13H,15H2,1-2H3,(H,28,30)/b19-11-. The monoisotopic (exact) mass is 521 g/mol. The van der Waals surface area contributed by atoms with Crippen LogP contribution in [-0.2, 0) is 4.79 Å². The van der Waals surface area contributed by atoms with Gasteiger partial charge in [-0.05, 0) is 76.5 Å². The van der Waals surface area contributed by atoms with Crippen LogP contribution in [0.2, 0.25) is 0 Å². The molecule has 0 aliphatic heterocycles. The van der Waals surface area contributed by atoms with E-state index in [0.717, 1.165) is 5.56 Å². The molecule has 3 rings (SSSR count). The summed E-state index contributed by atoms with van der Waals surface area (Å²) in [4.78, 5) is 22.6. The van der Waals surface area contributed by atoms with Gasteiger partial charge in [0.2, 0.25) is 0 Å². The van der Waals surface area contributed by atoms with Gasteiger partial charge in [-0.15, -0.1) is 0 Å². The molecular formula is C25H20BrN3O5. The van der Waals surface area contributed by atoms with Gasteiger partial charge in [0, 0.05) is 17.8 Å². The smallest absolute Gasteiger partial charge is 0.269 e. The van der Waals surface area contributed by atoms with Gasteiger partial charge in [0.1, 0.15) is 0 Å². The quantitative estimate of drug-likeness (QED) is 0.174. The highest BCUT2D eigenvalue weighted by molar-refractivity contribution is 9.10. The molecular weight excluding hydrogens is 502 g/mol. The van der Waals surface area contributed by atoms with Crippen molar-refractivity contribution in [2.45, 2.75) is 6.92 Å². The van der Waals surface area contributed by atoms with Gasteiger partial charge in [0.05, 0.1) is 28.1 Å². The second kappa shape index (κ2) is 11.1. The molecule has 3 aromatic rings. The van der Waals surface area contributed by atoms with Gasteiger partial charge >= 0.3 is 0 Å². The zero-order valence-electron chi connectivity index (χ0n) is 18.4. The van der Waals surface area contributed by atoms with Crippen LogP contribution in [0.1, 0.15) is 16.7 Å². The fourth-order valence-corrected chi connectivity index (χ4v) is 3.62. The number of amides is 1. The Morgan fingerprint density at radius 3 is 2.44 bits per heavy atom. The number of rotatable bonds is 8. The van der Waals surface area contributed by atoms with Gasteiger partial charge in [-0.1, -0.05) is 17.7 Å². The van der Waals surface area contributed by atoms with Crippen LogP contribution in [0.3, 0.4) is 0 Å². The molecule has 0 radical (unpaired) electrons. The third-order valence-corrected chi connectivity index (χ3v) is 5.34. The molecule has 34 heavy (non-hydrogen) atoms. The second-order valence-corrected chi connectivity index (χ2v) is 8.07. The molecule has 3 aromatic carbocycles. The molecule has 8 nitrogen and oxygen atoms in total. The Morgan fingerprint density at radius 2 is 1.85 bits per heavy atom. The molecule has 1 N–H and O–H groups in total. The summed E-state index contributed by atoms with van der Waals surface area (Å²) in [5.74, 6) is 0.379. The van der Waals surface area contributed by atoms with E-state index in [1.807, 2.05) is 31.2 Å². The van der Waals surface area contributed by atoms with E-state index in [0.29, 0.717) is 38.4 Å². The van der Waals surface area contributed by atoms with Crippen LogP contribution in [0.25, 0.3) is 11.6 Å². The van der Waals surface area contributed by atoms with Crippen molar-refractivity contribution < 1.29 is 19.2 Å². The Bertz CT molecular complexity index is 1280. The zero-order chi connectivity index (χ0) is 24.7. The number of nitrogens with zero attached hydrogens (tertiary/aromatic N) is 2. The van der Waals surface area contributed by atoms with E-state index in [9.17, 15) is 20.2 Å². The summed E-state index contributed by atoms with van der Waals surface area (Å²) in [5, 5.41) is 23.2. The number of benzene rings is 3. The highest BCUT2D eigenvalue weighted by atomic mass is 79.9. The summed E-state index contributed by atoms with van der Waals surface area (Å²) >= 11 is 3.43. The van der Waals surface area contributed by atoms with Gasteiger partial charge in [0.25, 0.3) is 11.6 Å². The number of carbonyl (C=O) groups excluding carboxylic acids is 1. The first-order valence-electron chi connectivity index (χ1n) is 10.0. The lowest BCUT2D eigenvalue weighted by Crippen LogP contribution is -2.20. The molecule has 0 aromatic heterocycles. The summed E-state index contributed by atoms with van der Waals surface area (Å²) in [6.07, 6.45) is 1.63.